The monoisotopic (exact) mass is 290 g/mol. The standard InChI is InChI=1S/C17H26N2S/c1-2-4-11-17(12-5-3-1,19-13-9-10-13)16-18-14-7-6-8-15(14)20-16/h13,19H,1-12H2. The average Bonchev–Trinajstić information content (AvgIpc) is 2.95. The number of nitrogens with zero attached hydrogens (tertiary/aromatic N) is 1. The van der Waals surface area contributed by atoms with Crippen LogP contribution in [0.15, 0.2) is 0 Å². The minimum absolute atomic E-state index is 0.233. The van der Waals surface area contributed by atoms with Gasteiger partial charge in [-0.1, -0.05) is 32.1 Å². The number of thiazole rings is 1. The van der Waals surface area contributed by atoms with Crippen LogP contribution in [-0.4, -0.2) is 11.0 Å². The minimum atomic E-state index is 0.233. The molecule has 0 amide bonds. The molecule has 2 nitrogen and oxygen atoms in total. The third kappa shape index (κ3) is 2.55. The second-order valence-corrected chi connectivity index (χ2v) is 8.09. The predicted molar refractivity (Wildman–Crippen MR) is 84.3 cm³/mol. The number of hydrogen-bond donors (Lipinski definition) is 1. The first-order valence-electron chi connectivity index (χ1n) is 8.62. The molecule has 0 unspecified atom stereocenters. The molecule has 1 heterocycles. The zero-order valence-electron chi connectivity index (χ0n) is 12.4. The van der Waals surface area contributed by atoms with E-state index in [0.29, 0.717) is 0 Å². The Morgan fingerprint density at radius 3 is 2.40 bits per heavy atom. The van der Waals surface area contributed by atoms with Crippen molar-refractivity contribution in [3.63, 3.8) is 0 Å². The van der Waals surface area contributed by atoms with Crippen LogP contribution in [0.4, 0.5) is 0 Å². The zero-order valence-corrected chi connectivity index (χ0v) is 13.2. The van der Waals surface area contributed by atoms with Crippen molar-refractivity contribution in [2.24, 2.45) is 0 Å². The van der Waals surface area contributed by atoms with Gasteiger partial charge in [0.2, 0.25) is 0 Å². The highest BCUT2D eigenvalue weighted by atomic mass is 32.1. The lowest BCUT2D eigenvalue weighted by Crippen LogP contribution is -2.44. The number of aryl methyl sites for hydroxylation is 2. The van der Waals surface area contributed by atoms with Gasteiger partial charge < -0.3 is 5.32 Å². The summed E-state index contributed by atoms with van der Waals surface area (Å²) < 4.78 is 0. The molecule has 1 aromatic heterocycles. The molecule has 0 atom stereocenters. The molecule has 4 rings (SSSR count). The Morgan fingerprint density at radius 2 is 1.70 bits per heavy atom. The highest BCUT2D eigenvalue weighted by Crippen LogP contribution is 2.42. The van der Waals surface area contributed by atoms with Crippen molar-refractivity contribution < 1.29 is 0 Å². The van der Waals surface area contributed by atoms with Crippen LogP contribution in [0.1, 0.15) is 79.8 Å². The number of nitrogens with one attached hydrogen (secondary N) is 1. The predicted octanol–water partition coefficient (Wildman–Crippen LogP) is 4.32. The normalized spacial score (nSPS) is 26.0. The van der Waals surface area contributed by atoms with Gasteiger partial charge >= 0.3 is 0 Å². The summed E-state index contributed by atoms with van der Waals surface area (Å²) in [5.74, 6) is 0. The highest BCUT2D eigenvalue weighted by molar-refractivity contribution is 7.12. The summed E-state index contributed by atoms with van der Waals surface area (Å²) in [6.07, 6.45) is 16.3. The van der Waals surface area contributed by atoms with Crippen LogP contribution in [-0.2, 0) is 18.4 Å². The number of hydrogen-bond acceptors (Lipinski definition) is 3. The molecule has 3 aliphatic rings. The van der Waals surface area contributed by atoms with Gasteiger partial charge in [-0.2, -0.15) is 0 Å². The van der Waals surface area contributed by atoms with Crippen molar-refractivity contribution in [1.29, 1.82) is 0 Å². The Labute approximate surface area is 126 Å². The molecule has 0 radical (unpaired) electrons. The van der Waals surface area contributed by atoms with Gasteiger partial charge in [0, 0.05) is 10.9 Å². The van der Waals surface area contributed by atoms with Crippen LogP contribution in [0.3, 0.4) is 0 Å². The van der Waals surface area contributed by atoms with Crippen LogP contribution in [0.2, 0.25) is 0 Å². The van der Waals surface area contributed by atoms with E-state index in [1.807, 2.05) is 11.3 Å². The van der Waals surface area contributed by atoms with E-state index in [0.717, 1.165) is 6.04 Å². The van der Waals surface area contributed by atoms with Crippen LogP contribution in [0.25, 0.3) is 0 Å². The van der Waals surface area contributed by atoms with Gasteiger partial charge in [0.05, 0.1) is 11.2 Å². The van der Waals surface area contributed by atoms with Gasteiger partial charge in [-0.3, -0.25) is 0 Å². The molecule has 0 spiro atoms. The van der Waals surface area contributed by atoms with Crippen molar-refractivity contribution in [1.82, 2.24) is 10.3 Å². The fourth-order valence-corrected chi connectivity index (χ4v) is 5.30. The Hall–Kier alpha value is -0.410. The summed E-state index contributed by atoms with van der Waals surface area (Å²) in [6, 6.07) is 0.785. The quantitative estimate of drug-likeness (QED) is 0.896. The molecule has 1 N–H and O–H groups in total. The molecule has 2 saturated carbocycles. The first-order chi connectivity index (χ1) is 9.86. The molecule has 0 aliphatic heterocycles. The highest BCUT2D eigenvalue weighted by Gasteiger charge is 2.40. The third-order valence-electron chi connectivity index (χ3n) is 5.27. The van der Waals surface area contributed by atoms with E-state index in [-0.39, 0.29) is 5.54 Å². The van der Waals surface area contributed by atoms with E-state index in [2.05, 4.69) is 5.32 Å². The molecule has 20 heavy (non-hydrogen) atoms. The van der Waals surface area contributed by atoms with Crippen molar-refractivity contribution in [3.05, 3.63) is 15.6 Å². The van der Waals surface area contributed by atoms with Crippen LogP contribution in [0.5, 0.6) is 0 Å². The fourth-order valence-electron chi connectivity index (χ4n) is 3.94. The lowest BCUT2D eigenvalue weighted by atomic mass is 9.84. The van der Waals surface area contributed by atoms with Gasteiger partial charge in [0.25, 0.3) is 0 Å². The van der Waals surface area contributed by atoms with E-state index < -0.39 is 0 Å². The lowest BCUT2D eigenvalue weighted by molar-refractivity contribution is 0.248. The summed E-state index contributed by atoms with van der Waals surface area (Å²) in [7, 11) is 0. The van der Waals surface area contributed by atoms with Crippen molar-refractivity contribution in [2.75, 3.05) is 0 Å². The Kier molecular flexibility index (Phi) is 3.59. The smallest absolute Gasteiger partial charge is 0.113 e. The second-order valence-electron chi connectivity index (χ2n) is 7.01. The maximum absolute atomic E-state index is 5.10. The Bertz CT molecular complexity index is 446. The zero-order chi connectivity index (χ0) is 13.4. The number of fused-ring (bicyclic) bond motifs is 1. The molecule has 110 valence electrons. The van der Waals surface area contributed by atoms with Gasteiger partial charge in [0.15, 0.2) is 0 Å². The molecule has 0 aromatic carbocycles. The Morgan fingerprint density at radius 1 is 0.950 bits per heavy atom. The van der Waals surface area contributed by atoms with Crippen molar-refractivity contribution in [3.8, 4) is 0 Å². The third-order valence-corrected chi connectivity index (χ3v) is 6.63. The molecule has 3 aliphatic carbocycles. The summed E-state index contributed by atoms with van der Waals surface area (Å²) in [4.78, 5) is 6.69. The molecule has 2 fully saturated rings. The fraction of sp³-hybridized carbons (Fsp3) is 0.824. The summed E-state index contributed by atoms with van der Waals surface area (Å²) in [6.45, 7) is 0. The van der Waals surface area contributed by atoms with Crippen molar-refractivity contribution >= 4 is 11.3 Å². The molecule has 0 bridgehead atoms. The first kappa shape index (κ1) is 13.3. The molecular formula is C17H26N2S. The largest absolute Gasteiger partial charge is 0.303 e. The first-order valence-corrected chi connectivity index (χ1v) is 9.44. The number of aromatic nitrogens is 1. The van der Waals surface area contributed by atoms with Crippen LogP contribution < -0.4 is 5.32 Å². The average molecular weight is 290 g/mol. The SMILES string of the molecule is C1CCCC(NC2CC2)(c2nc3c(s2)CCC3)CCC1. The van der Waals surface area contributed by atoms with Gasteiger partial charge in [-0.15, -0.1) is 11.3 Å². The number of rotatable bonds is 3. The summed E-state index contributed by atoms with van der Waals surface area (Å²) in [5, 5.41) is 5.47. The maximum Gasteiger partial charge on any atom is 0.113 e. The van der Waals surface area contributed by atoms with Crippen molar-refractivity contribution in [2.45, 2.75) is 88.6 Å². The van der Waals surface area contributed by atoms with Crippen LogP contribution in [0, 0.1) is 0 Å². The lowest BCUT2D eigenvalue weighted by Gasteiger charge is -2.35. The van der Waals surface area contributed by atoms with Gasteiger partial charge in [-0.25, -0.2) is 4.98 Å². The van der Waals surface area contributed by atoms with E-state index in [9.17, 15) is 0 Å². The second kappa shape index (κ2) is 5.42. The van der Waals surface area contributed by atoms with E-state index in [1.54, 1.807) is 4.88 Å². The topological polar surface area (TPSA) is 24.9 Å². The minimum Gasteiger partial charge on any atom is -0.303 e. The summed E-state index contributed by atoms with van der Waals surface area (Å²) in [5.41, 5.74) is 1.67. The summed E-state index contributed by atoms with van der Waals surface area (Å²) >= 11 is 2.04. The Balaban J connectivity index is 1.64. The van der Waals surface area contributed by atoms with E-state index in [1.165, 1.54) is 87.8 Å². The molecule has 3 heteroatoms. The maximum atomic E-state index is 5.10. The molecule has 0 saturated heterocycles. The molecule has 1 aromatic rings. The van der Waals surface area contributed by atoms with E-state index in [4.69, 9.17) is 4.98 Å². The van der Waals surface area contributed by atoms with Gasteiger partial charge in [0.1, 0.15) is 5.01 Å². The van der Waals surface area contributed by atoms with E-state index >= 15 is 0 Å². The van der Waals surface area contributed by atoms with Gasteiger partial charge in [-0.05, 0) is 44.9 Å². The van der Waals surface area contributed by atoms with Crippen LogP contribution >= 0.6 is 11.3 Å². The molecular weight excluding hydrogens is 264 g/mol.